The molecule has 158 valence electrons. The molecule has 9 heteroatoms. The molecule has 1 fully saturated rings. The maximum absolute atomic E-state index is 12.4. The minimum Gasteiger partial charge on any atom is -0.462 e. The molecule has 2 N–H and O–H groups in total. The first-order chi connectivity index (χ1) is 14.0. The fourth-order valence-electron chi connectivity index (χ4n) is 3.73. The lowest BCUT2D eigenvalue weighted by Gasteiger charge is -2.32. The quantitative estimate of drug-likeness (QED) is 0.644. The van der Waals surface area contributed by atoms with Gasteiger partial charge >= 0.3 is 5.97 Å². The van der Waals surface area contributed by atoms with Gasteiger partial charge in [-0.2, -0.15) is 0 Å². The van der Waals surface area contributed by atoms with Crippen molar-refractivity contribution in [1.29, 1.82) is 0 Å². The Morgan fingerprint density at radius 1 is 1.38 bits per heavy atom. The number of carbonyl (C=O) groups is 2. The monoisotopic (exact) mass is 403 g/mol. The van der Waals surface area contributed by atoms with Crippen molar-refractivity contribution in [3.63, 3.8) is 0 Å². The molecule has 0 saturated carbocycles. The first-order valence-electron chi connectivity index (χ1n) is 10.3. The zero-order valence-electron chi connectivity index (χ0n) is 17.1. The molecule has 2 aromatic heterocycles. The minimum absolute atomic E-state index is 0.101. The lowest BCUT2D eigenvalue weighted by Crippen LogP contribution is -2.40. The number of likely N-dealkylation sites (tertiary alicyclic amines) is 1. The second kappa shape index (κ2) is 9.69. The highest BCUT2D eigenvalue weighted by molar-refractivity contribution is 5.95. The highest BCUT2D eigenvalue weighted by atomic mass is 16.5. The van der Waals surface area contributed by atoms with Crippen LogP contribution in [0.25, 0.3) is 5.65 Å². The largest absolute Gasteiger partial charge is 0.462 e. The van der Waals surface area contributed by atoms with Gasteiger partial charge in [0.25, 0.3) is 5.56 Å². The Bertz CT molecular complexity index is 919. The van der Waals surface area contributed by atoms with E-state index in [2.05, 4.69) is 20.3 Å². The van der Waals surface area contributed by atoms with Gasteiger partial charge < -0.3 is 10.1 Å². The van der Waals surface area contributed by atoms with Crippen molar-refractivity contribution in [1.82, 2.24) is 24.8 Å². The smallest absolute Gasteiger partial charge is 0.343 e. The number of nitrogens with zero attached hydrogens (tertiary/aromatic N) is 3. The number of ether oxygens (including phenoxy) is 1. The van der Waals surface area contributed by atoms with Crippen LogP contribution in [0.5, 0.6) is 0 Å². The number of amides is 1. The Morgan fingerprint density at radius 2 is 2.21 bits per heavy atom. The van der Waals surface area contributed by atoms with Crippen molar-refractivity contribution in [2.45, 2.75) is 46.1 Å². The van der Waals surface area contributed by atoms with Crippen molar-refractivity contribution < 1.29 is 14.3 Å². The third-order valence-electron chi connectivity index (χ3n) is 5.10. The third-order valence-corrected chi connectivity index (χ3v) is 5.10. The summed E-state index contributed by atoms with van der Waals surface area (Å²) in [5, 5.41) is 5.77. The second-order valence-electron chi connectivity index (χ2n) is 7.45. The first kappa shape index (κ1) is 21.0. The number of nitrogens with one attached hydrogen (secondary N) is 2. The summed E-state index contributed by atoms with van der Waals surface area (Å²) < 4.78 is 6.29. The van der Waals surface area contributed by atoms with E-state index in [1.54, 1.807) is 6.92 Å². The van der Waals surface area contributed by atoms with Gasteiger partial charge in [-0.1, -0.05) is 6.92 Å². The van der Waals surface area contributed by atoms with E-state index < -0.39 is 5.97 Å². The molecule has 2 aromatic rings. The summed E-state index contributed by atoms with van der Waals surface area (Å²) in [7, 11) is 0. The fraction of sp³-hybridized carbons (Fsp3) is 0.600. The maximum Gasteiger partial charge on any atom is 0.343 e. The SMILES string of the molecule is CCCC(=O)NCC1CCCN(Cc2cc(=O)n3[nH]cc(C(=O)OCC)c3n2)C1. The molecule has 1 amide bonds. The van der Waals surface area contributed by atoms with Crippen molar-refractivity contribution in [2.24, 2.45) is 5.92 Å². The van der Waals surface area contributed by atoms with Gasteiger partial charge in [0.05, 0.1) is 12.3 Å². The molecule has 0 spiro atoms. The summed E-state index contributed by atoms with van der Waals surface area (Å²) in [4.78, 5) is 43.0. The van der Waals surface area contributed by atoms with Crippen LogP contribution in [0.3, 0.4) is 0 Å². The van der Waals surface area contributed by atoms with Gasteiger partial charge in [-0.15, -0.1) is 0 Å². The average Bonchev–Trinajstić information content (AvgIpc) is 3.12. The van der Waals surface area contributed by atoms with Gasteiger partial charge in [0.1, 0.15) is 5.56 Å². The summed E-state index contributed by atoms with van der Waals surface area (Å²) in [5.41, 5.74) is 0.893. The van der Waals surface area contributed by atoms with Crippen LogP contribution in [0, 0.1) is 5.92 Å². The summed E-state index contributed by atoms with van der Waals surface area (Å²) in [5.74, 6) is -0.0170. The van der Waals surface area contributed by atoms with Crippen LogP contribution in [0.4, 0.5) is 0 Å². The number of fused-ring (bicyclic) bond motifs is 1. The van der Waals surface area contributed by atoms with E-state index in [0.29, 0.717) is 31.1 Å². The van der Waals surface area contributed by atoms with E-state index in [4.69, 9.17) is 4.74 Å². The molecule has 1 saturated heterocycles. The molecule has 9 nitrogen and oxygen atoms in total. The second-order valence-corrected chi connectivity index (χ2v) is 7.45. The van der Waals surface area contributed by atoms with E-state index in [1.807, 2.05) is 6.92 Å². The normalized spacial score (nSPS) is 17.4. The lowest BCUT2D eigenvalue weighted by atomic mass is 9.97. The molecule has 29 heavy (non-hydrogen) atoms. The van der Waals surface area contributed by atoms with E-state index in [1.165, 1.54) is 16.8 Å². The Balaban J connectivity index is 1.69. The van der Waals surface area contributed by atoms with Gasteiger partial charge in [0.2, 0.25) is 5.91 Å². The third kappa shape index (κ3) is 5.23. The Labute approximate surface area is 169 Å². The molecule has 0 aliphatic carbocycles. The molecule has 0 aromatic carbocycles. The zero-order chi connectivity index (χ0) is 20.8. The summed E-state index contributed by atoms with van der Waals surface area (Å²) in [6.45, 7) is 6.93. The van der Waals surface area contributed by atoms with Gasteiger partial charge in [0.15, 0.2) is 5.65 Å². The Kier molecular flexibility index (Phi) is 7.03. The number of aromatic amines is 1. The van der Waals surface area contributed by atoms with Crippen molar-refractivity contribution >= 4 is 17.5 Å². The number of carbonyl (C=O) groups excluding carboxylic acids is 2. The highest BCUT2D eigenvalue weighted by Gasteiger charge is 2.22. The van der Waals surface area contributed by atoms with E-state index >= 15 is 0 Å². The van der Waals surface area contributed by atoms with Crippen LogP contribution in [0.15, 0.2) is 17.1 Å². The van der Waals surface area contributed by atoms with Gasteiger partial charge in [-0.25, -0.2) is 14.3 Å². The fourth-order valence-corrected chi connectivity index (χ4v) is 3.73. The lowest BCUT2D eigenvalue weighted by molar-refractivity contribution is -0.121. The number of rotatable bonds is 8. The first-order valence-corrected chi connectivity index (χ1v) is 10.3. The average molecular weight is 403 g/mol. The molecular formula is C20H29N5O4. The number of piperidine rings is 1. The highest BCUT2D eigenvalue weighted by Crippen LogP contribution is 2.18. The number of aromatic nitrogens is 3. The maximum atomic E-state index is 12.4. The van der Waals surface area contributed by atoms with Gasteiger partial charge in [-0.3, -0.25) is 19.6 Å². The van der Waals surface area contributed by atoms with E-state index in [9.17, 15) is 14.4 Å². The summed E-state index contributed by atoms with van der Waals surface area (Å²) in [6, 6.07) is 1.49. The number of hydrogen-bond acceptors (Lipinski definition) is 6. The van der Waals surface area contributed by atoms with Crippen LogP contribution in [0.1, 0.15) is 55.6 Å². The number of esters is 1. The van der Waals surface area contributed by atoms with Crippen molar-refractivity contribution in [3.8, 4) is 0 Å². The molecular weight excluding hydrogens is 374 g/mol. The van der Waals surface area contributed by atoms with Crippen molar-refractivity contribution in [2.75, 3.05) is 26.2 Å². The molecule has 1 aliphatic heterocycles. The molecule has 3 heterocycles. The minimum atomic E-state index is -0.504. The van der Waals surface area contributed by atoms with E-state index in [-0.39, 0.29) is 29.3 Å². The molecule has 1 unspecified atom stereocenters. The predicted molar refractivity (Wildman–Crippen MR) is 108 cm³/mol. The zero-order valence-corrected chi connectivity index (χ0v) is 17.1. The van der Waals surface area contributed by atoms with Crippen LogP contribution < -0.4 is 10.9 Å². The van der Waals surface area contributed by atoms with Gasteiger partial charge in [0, 0.05) is 38.3 Å². The van der Waals surface area contributed by atoms with Crippen LogP contribution in [-0.4, -0.2) is 57.6 Å². The standard InChI is InChI=1S/C20H29N5O4/c1-3-6-17(26)21-10-14-7-5-8-24(12-14)13-15-9-18(27)25-19(23-15)16(11-22-25)20(28)29-4-2/h9,11,14,22H,3-8,10,12-13H2,1-2H3,(H,21,26). The molecule has 1 aliphatic rings. The van der Waals surface area contributed by atoms with Crippen LogP contribution >= 0.6 is 0 Å². The van der Waals surface area contributed by atoms with Gasteiger partial charge in [-0.05, 0) is 38.6 Å². The number of hydrogen-bond donors (Lipinski definition) is 2. The van der Waals surface area contributed by atoms with E-state index in [0.717, 1.165) is 32.4 Å². The van der Waals surface area contributed by atoms with Crippen molar-refractivity contribution in [3.05, 3.63) is 33.9 Å². The predicted octanol–water partition coefficient (Wildman–Crippen LogP) is 1.33. The number of H-pyrrole nitrogens is 1. The molecule has 1 atom stereocenters. The Hall–Kier alpha value is -2.68. The molecule has 0 radical (unpaired) electrons. The molecule has 0 bridgehead atoms. The van der Waals surface area contributed by atoms with Crippen LogP contribution in [-0.2, 0) is 16.1 Å². The van der Waals surface area contributed by atoms with Crippen LogP contribution in [0.2, 0.25) is 0 Å². The molecule has 3 rings (SSSR count). The summed E-state index contributed by atoms with van der Waals surface area (Å²) >= 11 is 0. The summed E-state index contributed by atoms with van der Waals surface area (Å²) in [6.07, 6.45) is 4.96. The Morgan fingerprint density at radius 3 is 2.97 bits per heavy atom. The topological polar surface area (TPSA) is 109 Å².